The number of nitrogens with one attached hydrogen (secondary N) is 1. The van der Waals surface area contributed by atoms with Gasteiger partial charge < -0.3 is 10.1 Å². The molecule has 1 aliphatic rings. The number of likely N-dealkylation sites (N-methyl/N-ethyl adjacent to an activating group) is 1. The second-order valence-corrected chi connectivity index (χ2v) is 5.16. The van der Waals surface area contributed by atoms with Crippen LogP contribution in [0.2, 0.25) is 5.02 Å². The molecule has 0 fully saturated rings. The highest BCUT2D eigenvalue weighted by molar-refractivity contribution is 6.30. The fourth-order valence-electron chi connectivity index (χ4n) is 2.40. The molecule has 0 radical (unpaired) electrons. The van der Waals surface area contributed by atoms with Gasteiger partial charge >= 0.3 is 0 Å². The number of hydrogen-bond donors (Lipinski definition) is 1. The first-order valence-corrected chi connectivity index (χ1v) is 6.89. The number of halogens is 1. The van der Waals surface area contributed by atoms with Gasteiger partial charge in [0.1, 0.15) is 0 Å². The molecule has 1 atom stereocenters. The highest BCUT2D eigenvalue weighted by Crippen LogP contribution is 2.29. The third kappa shape index (κ3) is 3.27. The fraction of sp³-hybridized carbons (Fsp3) is 0.467. The van der Waals surface area contributed by atoms with E-state index >= 15 is 0 Å². The lowest BCUT2D eigenvalue weighted by Gasteiger charge is -2.25. The van der Waals surface area contributed by atoms with E-state index in [-0.39, 0.29) is 6.04 Å². The highest BCUT2D eigenvalue weighted by Gasteiger charge is 2.18. The van der Waals surface area contributed by atoms with Crippen LogP contribution in [0, 0.1) is 6.92 Å². The molecular formula is C15H20ClNO. The molecule has 2 rings (SSSR count). The molecule has 0 saturated heterocycles. The maximum atomic E-state index is 6.15. The first kappa shape index (κ1) is 13.4. The molecule has 3 heteroatoms. The molecule has 0 amide bonds. The van der Waals surface area contributed by atoms with E-state index in [2.05, 4.69) is 25.2 Å². The SMILES string of the molecule is CCNC(C1=COCCC1)c1cc(C)cc(Cl)c1. The lowest BCUT2D eigenvalue weighted by molar-refractivity contribution is 0.219. The Morgan fingerprint density at radius 3 is 2.83 bits per heavy atom. The van der Waals surface area contributed by atoms with Crippen molar-refractivity contribution in [1.82, 2.24) is 5.32 Å². The van der Waals surface area contributed by atoms with Crippen LogP contribution in [0.4, 0.5) is 0 Å². The van der Waals surface area contributed by atoms with Crippen LogP contribution in [0.25, 0.3) is 0 Å². The zero-order valence-electron chi connectivity index (χ0n) is 11.0. The highest BCUT2D eigenvalue weighted by atomic mass is 35.5. The van der Waals surface area contributed by atoms with Gasteiger partial charge in [0.2, 0.25) is 0 Å². The summed E-state index contributed by atoms with van der Waals surface area (Å²) in [4.78, 5) is 0. The Hall–Kier alpha value is -0.990. The van der Waals surface area contributed by atoms with Gasteiger partial charge in [0.05, 0.1) is 18.9 Å². The molecule has 1 unspecified atom stereocenters. The van der Waals surface area contributed by atoms with Crippen molar-refractivity contribution in [3.05, 3.63) is 46.2 Å². The van der Waals surface area contributed by atoms with Crippen molar-refractivity contribution in [2.24, 2.45) is 0 Å². The zero-order valence-corrected chi connectivity index (χ0v) is 11.8. The van der Waals surface area contributed by atoms with Crippen molar-refractivity contribution < 1.29 is 4.74 Å². The summed E-state index contributed by atoms with van der Waals surface area (Å²) in [5.74, 6) is 0. The Balaban J connectivity index is 2.31. The Morgan fingerprint density at radius 2 is 2.22 bits per heavy atom. The largest absolute Gasteiger partial charge is 0.501 e. The van der Waals surface area contributed by atoms with Crippen LogP contribution in [0.3, 0.4) is 0 Å². The average molecular weight is 266 g/mol. The molecule has 1 aliphatic heterocycles. The van der Waals surface area contributed by atoms with E-state index in [1.165, 1.54) is 16.7 Å². The van der Waals surface area contributed by atoms with Crippen molar-refractivity contribution in [1.29, 1.82) is 0 Å². The van der Waals surface area contributed by atoms with Gasteiger partial charge in [-0.25, -0.2) is 0 Å². The second-order valence-electron chi connectivity index (χ2n) is 4.72. The summed E-state index contributed by atoms with van der Waals surface area (Å²) >= 11 is 6.15. The van der Waals surface area contributed by atoms with Crippen LogP contribution in [0.1, 0.15) is 36.9 Å². The van der Waals surface area contributed by atoms with Crippen LogP contribution in [-0.4, -0.2) is 13.2 Å². The van der Waals surface area contributed by atoms with Crippen LogP contribution >= 0.6 is 11.6 Å². The van der Waals surface area contributed by atoms with Gasteiger partial charge in [0.15, 0.2) is 0 Å². The van der Waals surface area contributed by atoms with Crippen LogP contribution in [-0.2, 0) is 4.74 Å². The summed E-state index contributed by atoms with van der Waals surface area (Å²) in [6.45, 7) is 5.95. The topological polar surface area (TPSA) is 21.3 Å². The maximum Gasteiger partial charge on any atom is 0.0876 e. The normalized spacial score (nSPS) is 16.9. The van der Waals surface area contributed by atoms with E-state index in [4.69, 9.17) is 16.3 Å². The summed E-state index contributed by atoms with van der Waals surface area (Å²) in [5, 5.41) is 4.31. The van der Waals surface area contributed by atoms with Crippen LogP contribution < -0.4 is 5.32 Å². The van der Waals surface area contributed by atoms with E-state index in [1.807, 2.05) is 18.4 Å². The smallest absolute Gasteiger partial charge is 0.0876 e. The number of ether oxygens (including phenoxy) is 1. The monoisotopic (exact) mass is 265 g/mol. The third-order valence-corrected chi connectivity index (χ3v) is 3.36. The summed E-state index contributed by atoms with van der Waals surface area (Å²) < 4.78 is 5.46. The van der Waals surface area contributed by atoms with Crippen molar-refractivity contribution >= 4 is 11.6 Å². The molecule has 0 spiro atoms. The summed E-state index contributed by atoms with van der Waals surface area (Å²) in [5.41, 5.74) is 3.72. The Labute approximate surface area is 114 Å². The minimum atomic E-state index is 0.215. The molecular weight excluding hydrogens is 246 g/mol. The molecule has 1 aromatic rings. The van der Waals surface area contributed by atoms with E-state index in [0.717, 1.165) is 31.0 Å². The number of hydrogen-bond acceptors (Lipinski definition) is 2. The lowest BCUT2D eigenvalue weighted by atomic mass is 9.94. The average Bonchev–Trinajstić information content (AvgIpc) is 2.36. The zero-order chi connectivity index (χ0) is 13.0. The van der Waals surface area contributed by atoms with Gasteiger partial charge in [-0.1, -0.05) is 24.6 Å². The summed E-state index contributed by atoms with van der Waals surface area (Å²) in [6.07, 6.45) is 4.09. The van der Waals surface area contributed by atoms with Crippen molar-refractivity contribution in [3.63, 3.8) is 0 Å². The van der Waals surface area contributed by atoms with E-state index in [1.54, 1.807) is 0 Å². The molecule has 98 valence electrons. The predicted octanol–water partition coefficient (Wildman–Crippen LogP) is 3.99. The molecule has 0 bridgehead atoms. The number of benzene rings is 1. The molecule has 1 heterocycles. The molecule has 0 aliphatic carbocycles. The van der Waals surface area contributed by atoms with Gasteiger partial charge in [0.25, 0.3) is 0 Å². The second kappa shape index (κ2) is 6.26. The third-order valence-electron chi connectivity index (χ3n) is 3.14. The number of rotatable bonds is 4. The summed E-state index contributed by atoms with van der Waals surface area (Å²) in [7, 11) is 0. The maximum absolute atomic E-state index is 6.15. The van der Waals surface area contributed by atoms with Crippen molar-refractivity contribution in [3.8, 4) is 0 Å². The molecule has 1 aromatic carbocycles. The molecule has 2 nitrogen and oxygen atoms in total. The molecule has 0 saturated carbocycles. The van der Waals surface area contributed by atoms with Gasteiger partial charge in [-0.05, 0) is 55.1 Å². The van der Waals surface area contributed by atoms with Crippen molar-refractivity contribution in [2.45, 2.75) is 32.7 Å². The fourth-order valence-corrected chi connectivity index (χ4v) is 2.69. The van der Waals surface area contributed by atoms with Gasteiger partial charge in [-0.3, -0.25) is 0 Å². The van der Waals surface area contributed by atoms with E-state index in [0.29, 0.717) is 0 Å². The Bertz CT molecular complexity index is 422. The lowest BCUT2D eigenvalue weighted by Crippen LogP contribution is -2.24. The Morgan fingerprint density at radius 1 is 1.39 bits per heavy atom. The van der Waals surface area contributed by atoms with Crippen LogP contribution in [0.15, 0.2) is 30.0 Å². The molecule has 18 heavy (non-hydrogen) atoms. The van der Waals surface area contributed by atoms with E-state index < -0.39 is 0 Å². The van der Waals surface area contributed by atoms with Crippen molar-refractivity contribution in [2.75, 3.05) is 13.2 Å². The predicted molar refractivity (Wildman–Crippen MR) is 75.9 cm³/mol. The number of aryl methyl sites for hydroxylation is 1. The van der Waals surface area contributed by atoms with Gasteiger partial charge in [-0.2, -0.15) is 0 Å². The Kier molecular flexibility index (Phi) is 4.67. The minimum absolute atomic E-state index is 0.215. The standard InChI is InChI=1S/C15H20ClNO/c1-3-17-15(12-5-4-6-18-10-12)13-7-11(2)8-14(16)9-13/h7-10,15,17H,3-6H2,1-2H3. The van der Waals surface area contributed by atoms with E-state index in [9.17, 15) is 0 Å². The van der Waals surface area contributed by atoms with Crippen LogP contribution in [0.5, 0.6) is 0 Å². The molecule has 0 aromatic heterocycles. The quantitative estimate of drug-likeness (QED) is 0.889. The minimum Gasteiger partial charge on any atom is -0.501 e. The first-order valence-electron chi connectivity index (χ1n) is 6.51. The van der Waals surface area contributed by atoms with Gasteiger partial charge in [0, 0.05) is 5.02 Å². The van der Waals surface area contributed by atoms with Gasteiger partial charge in [-0.15, -0.1) is 0 Å². The first-order chi connectivity index (χ1) is 8.70. The molecule has 1 N–H and O–H groups in total. The summed E-state index contributed by atoms with van der Waals surface area (Å²) in [6, 6.07) is 6.43.